The third-order valence-corrected chi connectivity index (χ3v) is 8.04. The van der Waals surface area contributed by atoms with Crippen LogP contribution in [0.5, 0.6) is 5.75 Å². The maximum Gasteiger partial charge on any atom is 0.226 e. The lowest BCUT2D eigenvalue weighted by Gasteiger charge is -2.32. The van der Waals surface area contributed by atoms with Crippen LogP contribution in [-0.4, -0.2) is 51.2 Å². The summed E-state index contributed by atoms with van der Waals surface area (Å²) >= 11 is 1.70. The Labute approximate surface area is 195 Å². The van der Waals surface area contributed by atoms with Crippen molar-refractivity contribution in [2.45, 2.75) is 38.5 Å². The molecule has 1 fully saturated rings. The highest BCUT2D eigenvalue weighted by atomic mass is 32.1. The molecule has 2 N–H and O–H groups in total. The lowest BCUT2D eigenvalue weighted by molar-refractivity contribution is -0.136. The summed E-state index contributed by atoms with van der Waals surface area (Å²) in [5, 5.41) is 12.6. The quantitative estimate of drug-likeness (QED) is 0.466. The van der Waals surface area contributed by atoms with Crippen LogP contribution in [0.25, 0.3) is 21.1 Å². The van der Waals surface area contributed by atoms with E-state index in [1.54, 1.807) is 31.0 Å². The van der Waals surface area contributed by atoms with Crippen molar-refractivity contribution in [3.63, 3.8) is 0 Å². The molecule has 1 amide bonds. The zero-order chi connectivity index (χ0) is 22.4. The Morgan fingerprint density at radius 3 is 2.97 bits per heavy atom. The third kappa shape index (κ3) is 3.60. The van der Waals surface area contributed by atoms with Gasteiger partial charge in [0.05, 0.1) is 29.9 Å². The fraction of sp³-hybridized carbons (Fsp3) is 0.417. The van der Waals surface area contributed by atoms with E-state index in [-0.39, 0.29) is 5.92 Å². The average Bonchev–Trinajstić information content (AvgIpc) is 3.47. The van der Waals surface area contributed by atoms with E-state index in [4.69, 9.17) is 4.74 Å². The number of aromatic nitrogens is 4. The number of anilines is 2. The summed E-state index contributed by atoms with van der Waals surface area (Å²) in [4.78, 5) is 26.6. The highest BCUT2D eigenvalue weighted by Crippen LogP contribution is 2.42. The lowest BCUT2D eigenvalue weighted by Crippen LogP contribution is -2.41. The molecule has 170 valence electrons. The molecule has 0 bridgehead atoms. The van der Waals surface area contributed by atoms with Crippen LogP contribution in [0.3, 0.4) is 0 Å². The minimum Gasteiger partial charge on any atom is -0.494 e. The van der Waals surface area contributed by atoms with Gasteiger partial charge < -0.3 is 15.0 Å². The van der Waals surface area contributed by atoms with Crippen LogP contribution in [-0.2, 0) is 17.6 Å². The first-order valence-corrected chi connectivity index (χ1v) is 12.3. The summed E-state index contributed by atoms with van der Waals surface area (Å²) in [5.41, 5.74) is 3.03. The van der Waals surface area contributed by atoms with Gasteiger partial charge in [0, 0.05) is 35.3 Å². The van der Waals surface area contributed by atoms with Gasteiger partial charge in [-0.05, 0) is 50.2 Å². The van der Waals surface area contributed by atoms with Gasteiger partial charge in [-0.2, -0.15) is 5.10 Å². The molecule has 3 aromatic heterocycles. The first kappa shape index (κ1) is 20.4. The number of aryl methyl sites for hydroxylation is 1. The molecule has 0 saturated carbocycles. The number of nitrogens with zero attached hydrogens (tertiary/aromatic N) is 4. The van der Waals surface area contributed by atoms with Crippen LogP contribution in [0.1, 0.15) is 36.1 Å². The number of rotatable bonds is 4. The number of thiophene rings is 1. The number of hydrogen-bond donors (Lipinski definition) is 2. The molecule has 1 aliphatic heterocycles. The van der Waals surface area contributed by atoms with Crippen LogP contribution >= 0.6 is 11.3 Å². The summed E-state index contributed by atoms with van der Waals surface area (Å²) < 4.78 is 5.61. The van der Waals surface area contributed by atoms with E-state index in [2.05, 4.69) is 30.4 Å². The average molecular weight is 463 g/mol. The fourth-order valence-electron chi connectivity index (χ4n) is 5.15. The lowest BCUT2D eigenvalue weighted by atomic mass is 9.86. The Morgan fingerprint density at radius 2 is 2.12 bits per heavy atom. The summed E-state index contributed by atoms with van der Waals surface area (Å²) in [5.74, 6) is 1.91. The Morgan fingerprint density at radius 1 is 1.24 bits per heavy atom. The van der Waals surface area contributed by atoms with Gasteiger partial charge in [0.1, 0.15) is 22.7 Å². The van der Waals surface area contributed by atoms with E-state index in [1.807, 2.05) is 12.1 Å². The molecule has 1 aliphatic carbocycles. The van der Waals surface area contributed by atoms with Crippen molar-refractivity contribution < 1.29 is 9.53 Å². The summed E-state index contributed by atoms with van der Waals surface area (Å²) in [6.07, 6.45) is 9.45. The number of piperidine rings is 1. The van der Waals surface area contributed by atoms with Gasteiger partial charge in [-0.15, -0.1) is 11.3 Å². The number of aromatic amines is 1. The van der Waals surface area contributed by atoms with E-state index < -0.39 is 0 Å². The number of nitrogens with one attached hydrogen (secondary N) is 2. The maximum atomic E-state index is 13.1. The minimum atomic E-state index is 0.0802. The number of amides is 1. The zero-order valence-corrected chi connectivity index (χ0v) is 19.4. The molecule has 0 radical (unpaired) electrons. The number of H-pyrrole nitrogens is 1. The van der Waals surface area contributed by atoms with Gasteiger partial charge in [-0.25, -0.2) is 9.97 Å². The fourth-order valence-corrected chi connectivity index (χ4v) is 6.42. The third-order valence-electron chi connectivity index (χ3n) is 6.88. The molecule has 4 aromatic rings. The monoisotopic (exact) mass is 462 g/mol. The molecular formula is C24H26N6O2S. The minimum absolute atomic E-state index is 0.0802. The molecule has 1 saturated heterocycles. The first-order valence-electron chi connectivity index (χ1n) is 11.5. The van der Waals surface area contributed by atoms with Crippen molar-refractivity contribution in [3.8, 4) is 5.75 Å². The molecule has 0 unspecified atom stereocenters. The largest absolute Gasteiger partial charge is 0.494 e. The van der Waals surface area contributed by atoms with E-state index in [1.165, 1.54) is 16.9 Å². The van der Waals surface area contributed by atoms with Crippen LogP contribution in [0, 0.1) is 5.92 Å². The maximum absolute atomic E-state index is 13.1. The van der Waals surface area contributed by atoms with Crippen molar-refractivity contribution in [2.75, 3.05) is 25.5 Å². The number of ether oxygens (including phenoxy) is 1. The van der Waals surface area contributed by atoms with Crippen molar-refractivity contribution in [2.24, 2.45) is 5.92 Å². The van der Waals surface area contributed by atoms with Gasteiger partial charge in [-0.1, -0.05) is 0 Å². The standard InChI is InChI=1S/C24H26N6O2S/c1-32-19-11-17-15(12-27-29-17)9-18(19)28-22-21-16-6-5-14(24(31)30-7-3-2-4-8-30)10-20(16)33-23(21)26-13-25-22/h9,11-14H,2-8,10H2,1H3,(H,27,29)(H,25,26,28)/t14-/m0/s1. The van der Waals surface area contributed by atoms with Crippen molar-refractivity contribution >= 4 is 49.9 Å². The van der Waals surface area contributed by atoms with Gasteiger partial charge in [0.25, 0.3) is 0 Å². The predicted octanol–water partition coefficient (Wildman–Crippen LogP) is 4.44. The number of carbonyl (C=O) groups excluding carboxylic acids is 1. The van der Waals surface area contributed by atoms with Crippen molar-refractivity contribution in [3.05, 3.63) is 35.1 Å². The number of fused-ring (bicyclic) bond motifs is 4. The molecule has 4 heterocycles. The molecule has 8 nitrogen and oxygen atoms in total. The molecule has 1 aromatic carbocycles. The SMILES string of the molecule is COc1cc2[nH]ncc2cc1Nc1ncnc2sc3c(c12)CC[C@H](C(=O)N1CCCCC1)C3. The Bertz CT molecular complexity index is 1340. The smallest absolute Gasteiger partial charge is 0.226 e. The Balaban J connectivity index is 1.32. The van der Waals surface area contributed by atoms with Gasteiger partial charge in [0.15, 0.2) is 0 Å². The van der Waals surface area contributed by atoms with Crippen LogP contribution < -0.4 is 10.1 Å². The van der Waals surface area contributed by atoms with E-state index in [0.717, 1.165) is 83.6 Å². The van der Waals surface area contributed by atoms with Crippen LogP contribution in [0.15, 0.2) is 24.7 Å². The number of benzene rings is 1. The normalized spacial score (nSPS) is 18.5. The number of likely N-dealkylation sites (tertiary alicyclic amines) is 1. The molecule has 0 spiro atoms. The molecule has 1 atom stereocenters. The second kappa shape index (κ2) is 8.30. The number of hydrogen-bond acceptors (Lipinski definition) is 7. The zero-order valence-electron chi connectivity index (χ0n) is 18.6. The Kier molecular flexibility index (Phi) is 5.13. The van der Waals surface area contributed by atoms with Crippen molar-refractivity contribution in [1.82, 2.24) is 25.1 Å². The molecular weight excluding hydrogens is 436 g/mol. The summed E-state index contributed by atoms with van der Waals surface area (Å²) in [7, 11) is 1.66. The second-order valence-corrected chi connectivity index (χ2v) is 9.95. The summed E-state index contributed by atoms with van der Waals surface area (Å²) in [6, 6.07) is 3.95. The highest BCUT2D eigenvalue weighted by molar-refractivity contribution is 7.19. The summed E-state index contributed by atoms with van der Waals surface area (Å²) in [6.45, 7) is 1.83. The highest BCUT2D eigenvalue weighted by Gasteiger charge is 2.32. The van der Waals surface area contributed by atoms with Crippen molar-refractivity contribution in [1.29, 1.82) is 0 Å². The van der Waals surface area contributed by atoms with Gasteiger partial charge in [-0.3, -0.25) is 9.89 Å². The predicted molar refractivity (Wildman–Crippen MR) is 129 cm³/mol. The van der Waals surface area contributed by atoms with E-state index in [9.17, 15) is 4.79 Å². The second-order valence-electron chi connectivity index (χ2n) is 8.87. The number of carbonyl (C=O) groups is 1. The number of methoxy groups -OCH3 is 1. The molecule has 2 aliphatic rings. The molecule has 33 heavy (non-hydrogen) atoms. The van der Waals surface area contributed by atoms with E-state index >= 15 is 0 Å². The van der Waals surface area contributed by atoms with Gasteiger partial charge >= 0.3 is 0 Å². The van der Waals surface area contributed by atoms with E-state index in [0.29, 0.717) is 5.91 Å². The molecule has 6 rings (SSSR count). The molecule has 9 heteroatoms. The van der Waals surface area contributed by atoms with Gasteiger partial charge in [0.2, 0.25) is 5.91 Å². The topological polar surface area (TPSA) is 96.0 Å². The first-order chi connectivity index (χ1) is 16.2. The Hall–Kier alpha value is -3.20. The van der Waals surface area contributed by atoms with Crippen LogP contribution in [0.2, 0.25) is 0 Å². The van der Waals surface area contributed by atoms with Crippen LogP contribution in [0.4, 0.5) is 11.5 Å².